The maximum absolute atomic E-state index is 12.7. The van der Waals surface area contributed by atoms with Gasteiger partial charge < -0.3 is 0 Å². The average molecular weight is 337 g/mol. The van der Waals surface area contributed by atoms with E-state index >= 15 is 0 Å². The van der Waals surface area contributed by atoms with Crippen molar-refractivity contribution in [2.45, 2.75) is 50.9 Å². The summed E-state index contributed by atoms with van der Waals surface area (Å²) in [6.07, 6.45) is -5.13. The molecule has 1 aromatic carbocycles. The number of carbonyl (C=O) groups is 1. The Kier molecular flexibility index (Phi) is 5.40. The van der Waals surface area contributed by atoms with Crippen LogP contribution in [0.3, 0.4) is 0 Å². The van der Waals surface area contributed by atoms with E-state index in [9.17, 15) is 26.4 Å². The summed E-state index contributed by atoms with van der Waals surface area (Å²) in [4.78, 5) is 10.9. The molecule has 124 valence electrons. The van der Waals surface area contributed by atoms with Gasteiger partial charge >= 0.3 is 6.18 Å². The lowest BCUT2D eigenvalue weighted by molar-refractivity contribution is -0.0887. The molecule has 0 aliphatic rings. The Morgan fingerprint density at radius 1 is 1.05 bits per heavy atom. The molecule has 22 heavy (non-hydrogen) atoms. The standard InChI is InChI=1S/C14H18F3NO3S/c1-9(2)18(10(3)4)22(20,21)12-8-6-5-7-11(12)13(19)14(15,16)17/h5-10H,1-4H3. The number of halogens is 3. The molecule has 0 unspecified atom stereocenters. The third-order valence-electron chi connectivity index (χ3n) is 2.96. The maximum Gasteiger partial charge on any atom is 0.454 e. The third-order valence-corrected chi connectivity index (χ3v) is 5.27. The van der Waals surface area contributed by atoms with Crippen molar-refractivity contribution < 1.29 is 26.4 Å². The number of benzene rings is 1. The quantitative estimate of drug-likeness (QED) is 0.775. The molecule has 1 aromatic rings. The molecular weight excluding hydrogens is 319 g/mol. The summed E-state index contributed by atoms with van der Waals surface area (Å²) in [7, 11) is -4.22. The van der Waals surface area contributed by atoms with Crippen molar-refractivity contribution in [1.82, 2.24) is 4.31 Å². The van der Waals surface area contributed by atoms with E-state index in [4.69, 9.17) is 0 Å². The van der Waals surface area contributed by atoms with Gasteiger partial charge in [-0.05, 0) is 39.8 Å². The molecule has 8 heteroatoms. The smallest absolute Gasteiger partial charge is 0.284 e. The van der Waals surface area contributed by atoms with E-state index in [2.05, 4.69) is 0 Å². The highest BCUT2D eigenvalue weighted by atomic mass is 32.2. The van der Waals surface area contributed by atoms with Gasteiger partial charge in [-0.2, -0.15) is 17.5 Å². The number of hydrogen-bond acceptors (Lipinski definition) is 3. The second-order valence-corrected chi connectivity index (χ2v) is 7.16. The van der Waals surface area contributed by atoms with Crippen molar-refractivity contribution in [3.8, 4) is 0 Å². The van der Waals surface area contributed by atoms with Crippen LogP contribution in [0.1, 0.15) is 38.1 Å². The fourth-order valence-electron chi connectivity index (χ4n) is 2.30. The van der Waals surface area contributed by atoms with E-state index < -0.39 is 44.5 Å². The van der Waals surface area contributed by atoms with Gasteiger partial charge in [0.25, 0.3) is 5.78 Å². The van der Waals surface area contributed by atoms with Crippen molar-refractivity contribution in [1.29, 1.82) is 0 Å². The summed E-state index contributed by atoms with van der Waals surface area (Å²) < 4.78 is 64.4. The van der Waals surface area contributed by atoms with Crippen molar-refractivity contribution in [3.05, 3.63) is 29.8 Å². The third kappa shape index (κ3) is 3.67. The normalized spacial score (nSPS) is 13.2. The lowest BCUT2D eigenvalue weighted by atomic mass is 10.1. The van der Waals surface area contributed by atoms with Crippen LogP contribution in [0.15, 0.2) is 29.2 Å². The second-order valence-electron chi connectivity index (χ2n) is 5.35. The van der Waals surface area contributed by atoms with Gasteiger partial charge in [0.05, 0.1) is 4.90 Å². The van der Waals surface area contributed by atoms with E-state index in [-0.39, 0.29) is 0 Å². The number of sulfonamides is 1. The first-order chi connectivity index (χ1) is 9.90. The first-order valence-corrected chi connectivity index (χ1v) is 8.08. The van der Waals surface area contributed by atoms with Crippen LogP contribution in [0.2, 0.25) is 0 Å². The first kappa shape index (κ1) is 18.6. The monoisotopic (exact) mass is 337 g/mol. The molecule has 0 fully saturated rings. The van der Waals surface area contributed by atoms with Gasteiger partial charge in [-0.15, -0.1) is 0 Å². The fourth-order valence-corrected chi connectivity index (χ4v) is 4.32. The number of alkyl halides is 3. The summed E-state index contributed by atoms with van der Waals surface area (Å²) >= 11 is 0. The van der Waals surface area contributed by atoms with Gasteiger partial charge in [0.1, 0.15) is 0 Å². The van der Waals surface area contributed by atoms with Gasteiger partial charge in [-0.3, -0.25) is 4.79 Å². The van der Waals surface area contributed by atoms with Crippen molar-refractivity contribution in [3.63, 3.8) is 0 Å². The zero-order valence-corrected chi connectivity index (χ0v) is 13.5. The zero-order valence-electron chi connectivity index (χ0n) is 12.7. The Labute approximate surface area is 128 Å². The molecule has 0 saturated heterocycles. The number of ketones is 1. The highest BCUT2D eigenvalue weighted by molar-refractivity contribution is 7.89. The lowest BCUT2D eigenvalue weighted by Crippen LogP contribution is -2.42. The summed E-state index contributed by atoms with van der Waals surface area (Å²) in [6, 6.07) is 3.47. The largest absolute Gasteiger partial charge is 0.454 e. The second kappa shape index (κ2) is 6.37. The summed E-state index contributed by atoms with van der Waals surface area (Å²) in [5, 5.41) is 0. The van der Waals surface area contributed by atoms with E-state index in [0.29, 0.717) is 0 Å². The number of carbonyl (C=O) groups excluding carboxylic acids is 1. The Morgan fingerprint density at radius 3 is 1.91 bits per heavy atom. The van der Waals surface area contributed by atoms with Crippen LogP contribution in [0, 0.1) is 0 Å². The molecule has 0 aromatic heterocycles. The molecule has 0 aliphatic heterocycles. The number of hydrogen-bond donors (Lipinski definition) is 0. The van der Waals surface area contributed by atoms with E-state index in [1.165, 1.54) is 12.1 Å². The Bertz CT molecular complexity index is 644. The van der Waals surface area contributed by atoms with E-state index in [0.717, 1.165) is 16.4 Å². The van der Waals surface area contributed by atoms with Gasteiger partial charge in [0, 0.05) is 17.6 Å². The molecule has 0 heterocycles. The predicted octanol–water partition coefficient (Wildman–Crippen LogP) is 3.24. The zero-order chi connectivity index (χ0) is 17.3. The summed E-state index contributed by atoms with van der Waals surface area (Å²) in [5.74, 6) is -2.17. The highest BCUT2D eigenvalue weighted by Gasteiger charge is 2.43. The molecule has 4 nitrogen and oxygen atoms in total. The maximum atomic E-state index is 12.7. The van der Waals surface area contributed by atoms with Crippen LogP contribution in [-0.4, -0.2) is 36.8 Å². The molecule has 0 aliphatic carbocycles. The van der Waals surface area contributed by atoms with E-state index in [1.54, 1.807) is 27.7 Å². The van der Waals surface area contributed by atoms with Crippen LogP contribution in [-0.2, 0) is 10.0 Å². The molecule has 0 saturated carbocycles. The first-order valence-electron chi connectivity index (χ1n) is 6.64. The van der Waals surface area contributed by atoms with Crippen molar-refractivity contribution >= 4 is 15.8 Å². The molecule has 0 amide bonds. The molecule has 1 rings (SSSR count). The van der Waals surface area contributed by atoms with Gasteiger partial charge in [0.15, 0.2) is 0 Å². The van der Waals surface area contributed by atoms with Crippen LogP contribution in [0.5, 0.6) is 0 Å². The van der Waals surface area contributed by atoms with Gasteiger partial charge in [-0.25, -0.2) is 8.42 Å². The van der Waals surface area contributed by atoms with Crippen LogP contribution >= 0.6 is 0 Å². The lowest BCUT2D eigenvalue weighted by Gasteiger charge is -2.30. The molecule has 0 spiro atoms. The summed E-state index contributed by atoms with van der Waals surface area (Å²) in [6.45, 7) is 6.47. The highest BCUT2D eigenvalue weighted by Crippen LogP contribution is 2.29. The average Bonchev–Trinajstić information content (AvgIpc) is 2.35. The van der Waals surface area contributed by atoms with Gasteiger partial charge in [-0.1, -0.05) is 12.1 Å². The van der Waals surface area contributed by atoms with Crippen LogP contribution in [0.25, 0.3) is 0 Å². The Balaban J connectivity index is 3.54. The molecule has 0 bridgehead atoms. The van der Waals surface area contributed by atoms with Crippen LogP contribution < -0.4 is 0 Å². The molecule has 0 radical (unpaired) electrons. The Morgan fingerprint density at radius 2 is 1.50 bits per heavy atom. The van der Waals surface area contributed by atoms with Crippen LogP contribution in [0.4, 0.5) is 13.2 Å². The fraction of sp³-hybridized carbons (Fsp3) is 0.500. The minimum absolute atomic E-state index is 0.459. The number of nitrogens with zero attached hydrogens (tertiary/aromatic N) is 1. The summed E-state index contributed by atoms with van der Waals surface area (Å²) in [5.41, 5.74) is -0.860. The minimum atomic E-state index is -5.13. The molecule has 0 atom stereocenters. The van der Waals surface area contributed by atoms with Gasteiger partial charge in [0.2, 0.25) is 10.0 Å². The SMILES string of the molecule is CC(C)N(C(C)C)S(=O)(=O)c1ccccc1C(=O)C(F)(F)F. The van der Waals surface area contributed by atoms with Crippen molar-refractivity contribution in [2.24, 2.45) is 0 Å². The minimum Gasteiger partial charge on any atom is -0.284 e. The predicted molar refractivity (Wildman–Crippen MR) is 76.1 cm³/mol. The Hall–Kier alpha value is -1.41. The number of rotatable bonds is 5. The topological polar surface area (TPSA) is 54.5 Å². The molecular formula is C14H18F3NO3S. The number of Topliss-reactive ketones (excluding diaryl/α,β-unsaturated/α-hetero) is 1. The van der Waals surface area contributed by atoms with E-state index in [1.807, 2.05) is 0 Å². The van der Waals surface area contributed by atoms with Crippen molar-refractivity contribution in [2.75, 3.05) is 0 Å². The molecule has 0 N–H and O–H groups in total.